The highest BCUT2D eigenvalue weighted by molar-refractivity contribution is 6.00. The van der Waals surface area contributed by atoms with Crippen LogP contribution in [0.4, 0.5) is 14.5 Å². The fraction of sp³-hybridized carbons (Fsp3) is 0.296. The minimum atomic E-state index is -2.81. The molecular formula is C27H26F2N2O4. The van der Waals surface area contributed by atoms with Crippen molar-refractivity contribution in [3.63, 3.8) is 0 Å². The Labute approximate surface area is 202 Å². The minimum Gasteiger partial charge on any atom is -0.507 e. The molecule has 0 radical (unpaired) electrons. The molecule has 1 atom stereocenters. The van der Waals surface area contributed by atoms with E-state index in [0.717, 1.165) is 47.5 Å². The average Bonchev–Trinajstić information content (AvgIpc) is 3.53. The monoisotopic (exact) mass is 480 g/mol. The summed E-state index contributed by atoms with van der Waals surface area (Å²) in [6.45, 7) is 2.11. The number of carbonyl (C=O) groups is 1. The van der Waals surface area contributed by atoms with Gasteiger partial charge in [0.2, 0.25) is 0 Å². The van der Waals surface area contributed by atoms with Crippen LogP contribution in [0.1, 0.15) is 45.5 Å². The van der Waals surface area contributed by atoms with Crippen LogP contribution >= 0.6 is 0 Å². The number of halogens is 2. The van der Waals surface area contributed by atoms with Gasteiger partial charge in [-0.25, -0.2) is 8.78 Å². The second kappa shape index (κ2) is 9.92. The summed E-state index contributed by atoms with van der Waals surface area (Å²) in [5.74, 6) is -1.06. The van der Waals surface area contributed by atoms with Crippen LogP contribution in [0.2, 0.25) is 0 Å². The highest BCUT2D eigenvalue weighted by atomic mass is 19.3. The van der Waals surface area contributed by atoms with Crippen LogP contribution in [-0.4, -0.2) is 35.2 Å². The van der Waals surface area contributed by atoms with Gasteiger partial charge in [0.25, 0.3) is 12.3 Å². The Kier molecular flexibility index (Phi) is 6.55. The number of carbonyl (C=O) groups excluding carboxylic acids is 1. The van der Waals surface area contributed by atoms with E-state index in [1.54, 1.807) is 4.90 Å². The van der Waals surface area contributed by atoms with Gasteiger partial charge in [-0.05, 0) is 41.3 Å². The van der Waals surface area contributed by atoms with Gasteiger partial charge in [-0.2, -0.15) is 0 Å². The lowest BCUT2D eigenvalue weighted by atomic mass is 10.1. The third-order valence-electron chi connectivity index (χ3n) is 6.37. The number of ether oxygens (including phenoxy) is 2. The number of fused-ring (bicyclic) bond motifs is 1. The number of rotatable bonds is 7. The molecule has 1 amide bonds. The molecule has 2 aliphatic heterocycles. The summed E-state index contributed by atoms with van der Waals surface area (Å²) >= 11 is 0. The van der Waals surface area contributed by atoms with Gasteiger partial charge < -0.3 is 24.8 Å². The minimum absolute atomic E-state index is 0.0634. The molecule has 5 rings (SSSR count). The topological polar surface area (TPSA) is 71.0 Å². The van der Waals surface area contributed by atoms with Gasteiger partial charge in [0, 0.05) is 30.9 Å². The first kappa shape index (κ1) is 23.1. The van der Waals surface area contributed by atoms with Crippen molar-refractivity contribution in [2.45, 2.75) is 38.6 Å². The zero-order chi connectivity index (χ0) is 24.4. The van der Waals surface area contributed by atoms with E-state index in [-0.39, 0.29) is 24.0 Å². The number of anilines is 1. The van der Waals surface area contributed by atoms with Crippen molar-refractivity contribution in [1.82, 2.24) is 4.90 Å². The smallest absolute Gasteiger partial charge is 0.264 e. The predicted octanol–water partition coefficient (Wildman–Crippen LogP) is 5.27. The summed E-state index contributed by atoms with van der Waals surface area (Å²) in [6.07, 6.45) is -1.90. The second-order valence-corrected chi connectivity index (χ2v) is 8.80. The number of nitrogens with zero attached hydrogens (tertiary/aromatic N) is 1. The molecule has 0 spiro atoms. The van der Waals surface area contributed by atoms with Gasteiger partial charge >= 0.3 is 0 Å². The molecule has 0 saturated carbocycles. The molecule has 35 heavy (non-hydrogen) atoms. The first-order chi connectivity index (χ1) is 17.0. The first-order valence-electron chi connectivity index (χ1n) is 11.6. The van der Waals surface area contributed by atoms with Gasteiger partial charge in [0.1, 0.15) is 23.7 Å². The summed E-state index contributed by atoms with van der Waals surface area (Å²) in [7, 11) is 0. The molecule has 1 fully saturated rings. The molecule has 2 N–H and O–H groups in total. The average molecular weight is 481 g/mol. The Morgan fingerprint density at radius 3 is 2.71 bits per heavy atom. The number of amides is 1. The number of aromatic hydroxyl groups is 1. The number of nitrogens with one attached hydrogen (secondary N) is 1. The SMILES string of the molecule is O=C(c1c(O)cc(C(F)F)cc1OCc1ccccc1)N1Cc2cccc(N[C@H]3CCOC3)c2C1. The van der Waals surface area contributed by atoms with Gasteiger partial charge in [-0.1, -0.05) is 42.5 Å². The van der Waals surface area contributed by atoms with Crippen LogP contribution < -0.4 is 10.1 Å². The Morgan fingerprint density at radius 2 is 1.97 bits per heavy atom. The number of alkyl halides is 2. The maximum atomic E-state index is 13.6. The highest BCUT2D eigenvalue weighted by Gasteiger charge is 2.31. The van der Waals surface area contributed by atoms with Crippen molar-refractivity contribution < 1.29 is 28.2 Å². The molecular weight excluding hydrogens is 454 g/mol. The Bertz CT molecular complexity index is 1210. The zero-order valence-electron chi connectivity index (χ0n) is 19.0. The Hall–Kier alpha value is -3.65. The third kappa shape index (κ3) is 4.93. The van der Waals surface area contributed by atoms with E-state index < -0.39 is 23.6 Å². The Morgan fingerprint density at radius 1 is 1.14 bits per heavy atom. The highest BCUT2D eigenvalue weighted by Crippen LogP contribution is 2.38. The standard InChI is InChI=1S/C27H26F2N2O4/c28-26(29)19-11-23(32)25(24(12-19)35-15-17-5-2-1-3-6-17)27(33)31-13-18-7-4-8-22(21(18)14-31)30-20-9-10-34-16-20/h1-8,11-12,20,26,30,32H,9-10,13-16H2/t20-/m0/s1. The lowest BCUT2D eigenvalue weighted by Gasteiger charge is -2.20. The lowest BCUT2D eigenvalue weighted by molar-refractivity contribution is 0.0742. The van der Waals surface area contributed by atoms with Gasteiger partial charge in [0.15, 0.2) is 0 Å². The van der Waals surface area contributed by atoms with Crippen LogP contribution in [0.5, 0.6) is 11.5 Å². The molecule has 0 bridgehead atoms. The maximum absolute atomic E-state index is 13.6. The fourth-order valence-corrected chi connectivity index (χ4v) is 4.54. The normalized spacial score (nSPS) is 17.0. The zero-order valence-corrected chi connectivity index (χ0v) is 19.0. The van der Waals surface area contributed by atoms with E-state index in [4.69, 9.17) is 9.47 Å². The number of benzene rings is 3. The first-order valence-corrected chi connectivity index (χ1v) is 11.6. The second-order valence-electron chi connectivity index (χ2n) is 8.80. The Balaban J connectivity index is 1.41. The van der Waals surface area contributed by atoms with Crippen LogP contribution in [0.3, 0.4) is 0 Å². The molecule has 1 saturated heterocycles. The predicted molar refractivity (Wildman–Crippen MR) is 127 cm³/mol. The number of phenols is 1. The molecule has 0 aromatic heterocycles. The van der Waals surface area contributed by atoms with E-state index in [9.17, 15) is 18.7 Å². The van der Waals surface area contributed by atoms with E-state index in [2.05, 4.69) is 5.32 Å². The van der Waals surface area contributed by atoms with Gasteiger partial charge in [-0.3, -0.25) is 4.79 Å². The molecule has 0 unspecified atom stereocenters. The molecule has 3 aromatic rings. The molecule has 0 aliphatic carbocycles. The maximum Gasteiger partial charge on any atom is 0.264 e. The number of hydrogen-bond donors (Lipinski definition) is 2. The van der Waals surface area contributed by atoms with E-state index in [1.165, 1.54) is 0 Å². The van der Waals surface area contributed by atoms with Crippen LogP contribution in [-0.2, 0) is 24.4 Å². The van der Waals surface area contributed by atoms with Crippen molar-refractivity contribution in [1.29, 1.82) is 0 Å². The molecule has 3 aromatic carbocycles. The molecule has 182 valence electrons. The quantitative estimate of drug-likeness (QED) is 0.482. The van der Waals surface area contributed by atoms with Crippen molar-refractivity contribution in [3.8, 4) is 11.5 Å². The van der Waals surface area contributed by atoms with Crippen LogP contribution in [0, 0.1) is 0 Å². The number of hydrogen-bond acceptors (Lipinski definition) is 5. The summed E-state index contributed by atoms with van der Waals surface area (Å²) in [5, 5.41) is 14.1. The van der Waals surface area contributed by atoms with E-state index >= 15 is 0 Å². The van der Waals surface area contributed by atoms with Crippen molar-refractivity contribution in [3.05, 3.63) is 88.5 Å². The van der Waals surface area contributed by atoms with Gasteiger partial charge in [-0.15, -0.1) is 0 Å². The van der Waals surface area contributed by atoms with Crippen LogP contribution in [0.25, 0.3) is 0 Å². The molecule has 2 heterocycles. The van der Waals surface area contributed by atoms with Crippen molar-refractivity contribution >= 4 is 11.6 Å². The van der Waals surface area contributed by atoms with Crippen molar-refractivity contribution in [2.75, 3.05) is 18.5 Å². The summed E-state index contributed by atoms with van der Waals surface area (Å²) in [5.41, 5.74) is 3.24. The lowest BCUT2D eigenvalue weighted by Crippen LogP contribution is -2.26. The molecule has 6 nitrogen and oxygen atoms in total. The summed E-state index contributed by atoms with van der Waals surface area (Å²) < 4.78 is 38.1. The van der Waals surface area contributed by atoms with Crippen LogP contribution in [0.15, 0.2) is 60.7 Å². The molecule has 2 aliphatic rings. The van der Waals surface area contributed by atoms with Gasteiger partial charge in [0.05, 0.1) is 12.6 Å². The number of phenolic OH excluding ortho intramolecular Hbond substituents is 1. The summed E-state index contributed by atoms with van der Waals surface area (Å²) in [4.78, 5) is 15.2. The third-order valence-corrected chi connectivity index (χ3v) is 6.37. The summed E-state index contributed by atoms with van der Waals surface area (Å²) in [6, 6.07) is 17.4. The van der Waals surface area contributed by atoms with E-state index in [0.29, 0.717) is 19.7 Å². The van der Waals surface area contributed by atoms with E-state index in [1.807, 2.05) is 48.5 Å². The van der Waals surface area contributed by atoms with Crippen molar-refractivity contribution in [2.24, 2.45) is 0 Å². The largest absolute Gasteiger partial charge is 0.507 e. The fourth-order valence-electron chi connectivity index (χ4n) is 4.54. The molecule has 8 heteroatoms.